The van der Waals surface area contributed by atoms with E-state index >= 15 is 0 Å². The van der Waals surface area contributed by atoms with Crippen molar-refractivity contribution in [2.75, 3.05) is 13.2 Å². The normalized spacial score (nSPS) is 21.1. The third-order valence-electron chi connectivity index (χ3n) is 3.41. The maximum Gasteiger partial charge on any atom is 0.269 e. The molecule has 0 aromatic heterocycles. The first kappa shape index (κ1) is 13.8. The van der Waals surface area contributed by atoms with Gasteiger partial charge in [-0.3, -0.25) is 10.1 Å². The maximum atomic E-state index is 10.5. The van der Waals surface area contributed by atoms with E-state index in [-0.39, 0.29) is 5.69 Å². The number of rotatable bonds is 8. The van der Waals surface area contributed by atoms with Crippen molar-refractivity contribution in [3.05, 3.63) is 34.4 Å². The van der Waals surface area contributed by atoms with Gasteiger partial charge in [-0.2, -0.15) is 0 Å². The summed E-state index contributed by atoms with van der Waals surface area (Å²) in [6, 6.07) is 6.85. The van der Waals surface area contributed by atoms with Crippen LogP contribution in [0.1, 0.15) is 26.2 Å². The highest BCUT2D eigenvalue weighted by Crippen LogP contribution is 2.34. The van der Waals surface area contributed by atoms with Gasteiger partial charge in [0.15, 0.2) is 0 Å². The molecule has 1 aliphatic carbocycles. The lowest BCUT2D eigenvalue weighted by atomic mass is 10.2. The Morgan fingerprint density at radius 3 is 2.79 bits per heavy atom. The molecule has 0 spiro atoms. The summed E-state index contributed by atoms with van der Waals surface area (Å²) >= 11 is 0. The van der Waals surface area contributed by atoms with Gasteiger partial charge in [0.1, 0.15) is 12.4 Å². The van der Waals surface area contributed by atoms with Gasteiger partial charge in [-0.1, -0.05) is 13.3 Å². The summed E-state index contributed by atoms with van der Waals surface area (Å²) < 4.78 is 5.53. The topological polar surface area (TPSA) is 64.4 Å². The van der Waals surface area contributed by atoms with Crippen LogP contribution in [0.4, 0.5) is 5.69 Å². The fourth-order valence-electron chi connectivity index (χ4n) is 2.26. The first-order valence-corrected chi connectivity index (χ1v) is 6.81. The summed E-state index contributed by atoms with van der Waals surface area (Å²) in [5.41, 5.74) is 0.0888. The lowest BCUT2D eigenvalue weighted by Crippen LogP contribution is -2.24. The number of nitrogens with zero attached hydrogens (tertiary/aromatic N) is 1. The van der Waals surface area contributed by atoms with E-state index in [0.717, 1.165) is 12.5 Å². The van der Waals surface area contributed by atoms with Crippen LogP contribution in [0.25, 0.3) is 0 Å². The molecule has 1 aliphatic rings. The van der Waals surface area contributed by atoms with Crippen LogP contribution >= 0.6 is 0 Å². The monoisotopic (exact) mass is 264 g/mol. The number of non-ortho nitro benzene ring substituents is 1. The molecule has 0 saturated heterocycles. The average molecular weight is 264 g/mol. The van der Waals surface area contributed by atoms with Crippen molar-refractivity contribution in [3.8, 4) is 5.75 Å². The first-order valence-electron chi connectivity index (χ1n) is 6.81. The second-order valence-electron chi connectivity index (χ2n) is 4.94. The Hall–Kier alpha value is -1.62. The van der Waals surface area contributed by atoms with Crippen molar-refractivity contribution >= 4 is 5.69 Å². The Morgan fingerprint density at radius 1 is 1.42 bits per heavy atom. The van der Waals surface area contributed by atoms with Gasteiger partial charge in [-0.25, -0.2) is 0 Å². The van der Waals surface area contributed by atoms with Gasteiger partial charge < -0.3 is 10.1 Å². The molecule has 2 atom stereocenters. The van der Waals surface area contributed by atoms with E-state index in [1.165, 1.54) is 31.4 Å². The van der Waals surface area contributed by atoms with Gasteiger partial charge in [0.05, 0.1) is 4.92 Å². The Balaban J connectivity index is 1.62. The van der Waals surface area contributed by atoms with E-state index in [1.54, 1.807) is 12.1 Å². The molecule has 0 amide bonds. The van der Waals surface area contributed by atoms with Crippen molar-refractivity contribution in [2.45, 2.75) is 32.2 Å². The van der Waals surface area contributed by atoms with E-state index in [4.69, 9.17) is 4.74 Å². The van der Waals surface area contributed by atoms with Crippen molar-refractivity contribution in [2.24, 2.45) is 5.92 Å². The number of ether oxygens (including phenoxy) is 1. The van der Waals surface area contributed by atoms with Crippen LogP contribution in [-0.4, -0.2) is 24.1 Å². The van der Waals surface area contributed by atoms with Crippen LogP contribution in [0.3, 0.4) is 0 Å². The molecule has 5 heteroatoms. The minimum absolute atomic E-state index is 0.0888. The second kappa shape index (κ2) is 6.52. The van der Waals surface area contributed by atoms with E-state index < -0.39 is 4.92 Å². The lowest BCUT2D eigenvalue weighted by molar-refractivity contribution is -0.384. The molecule has 0 aliphatic heterocycles. The Morgan fingerprint density at radius 2 is 2.16 bits per heavy atom. The molecule has 1 N–H and O–H groups in total. The second-order valence-corrected chi connectivity index (χ2v) is 4.94. The molecule has 0 heterocycles. The largest absolute Gasteiger partial charge is 0.492 e. The third kappa shape index (κ3) is 4.21. The molecule has 0 bridgehead atoms. The van der Waals surface area contributed by atoms with E-state index in [1.807, 2.05) is 0 Å². The van der Waals surface area contributed by atoms with Crippen LogP contribution in [0.5, 0.6) is 5.75 Å². The molecule has 1 aromatic carbocycles. The van der Waals surface area contributed by atoms with Crippen LogP contribution < -0.4 is 10.1 Å². The molecule has 2 rings (SSSR count). The van der Waals surface area contributed by atoms with E-state index in [9.17, 15) is 10.1 Å². The zero-order valence-electron chi connectivity index (χ0n) is 11.2. The highest BCUT2D eigenvalue weighted by Gasteiger charge is 2.34. The maximum absolute atomic E-state index is 10.5. The van der Waals surface area contributed by atoms with Crippen LogP contribution in [0.15, 0.2) is 24.3 Å². The van der Waals surface area contributed by atoms with Crippen LogP contribution in [0.2, 0.25) is 0 Å². The molecular weight excluding hydrogens is 244 g/mol. The molecular formula is C14H20N2O3. The summed E-state index contributed by atoms with van der Waals surface area (Å²) in [6.07, 6.45) is 3.84. The summed E-state index contributed by atoms with van der Waals surface area (Å²) in [5.74, 6) is 1.53. The molecule has 0 radical (unpaired) electrons. The van der Waals surface area contributed by atoms with Crippen molar-refractivity contribution in [1.29, 1.82) is 0 Å². The quantitative estimate of drug-likeness (QED) is 0.445. The fraction of sp³-hybridized carbons (Fsp3) is 0.571. The summed E-state index contributed by atoms with van der Waals surface area (Å²) in [7, 11) is 0. The van der Waals surface area contributed by atoms with Crippen molar-refractivity contribution in [3.63, 3.8) is 0 Å². The van der Waals surface area contributed by atoms with Gasteiger partial charge in [0.2, 0.25) is 0 Å². The standard InChI is InChI=1S/C14H20N2O3/c1-2-3-11-10-14(11)15-8-9-19-13-6-4-12(5-7-13)16(17)18/h4-7,11,14-15H,2-3,8-10H2,1H3. The lowest BCUT2D eigenvalue weighted by Gasteiger charge is -2.07. The highest BCUT2D eigenvalue weighted by atomic mass is 16.6. The summed E-state index contributed by atoms with van der Waals surface area (Å²) in [5, 5.41) is 14.0. The number of hydrogen-bond donors (Lipinski definition) is 1. The molecule has 1 aromatic rings. The minimum atomic E-state index is -0.410. The Bertz CT molecular complexity index is 419. The van der Waals surface area contributed by atoms with Crippen LogP contribution in [0, 0.1) is 16.0 Å². The number of nitrogens with one attached hydrogen (secondary N) is 1. The first-order chi connectivity index (χ1) is 9.20. The van der Waals surface area contributed by atoms with E-state index in [2.05, 4.69) is 12.2 Å². The molecule has 1 saturated carbocycles. The molecule has 1 fully saturated rings. The molecule has 5 nitrogen and oxygen atoms in total. The highest BCUT2D eigenvalue weighted by molar-refractivity contribution is 5.35. The van der Waals surface area contributed by atoms with Crippen LogP contribution in [-0.2, 0) is 0 Å². The Kier molecular flexibility index (Phi) is 4.74. The van der Waals surface area contributed by atoms with Gasteiger partial charge >= 0.3 is 0 Å². The third-order valence-corrected chi connectivity index (χ3v) is 3.41. The predicted molar refractivity (Wildman–Crippen MR) is 73.4 cm³/mol. The van der Waals surface area contributed by atoms with Crippen molar-refractivity contribution < 1.29 is 9.66 Å². The van der Waals surface area contributed by atoms with Gasteiger partial charge in [0.25, 0.3) is 5.69 Å². The zero-order chi connectivity index (χ0) is 13.7. The predicted octanol–water partition coefficient (Wildman–Crippen LogP) is 2.75. The van der Waals surface area contributed by atoms with Gasteiger partial charge in [0, 0.05) is 24.7 Å². The number of nitro groups is 1. The van der Waals surface area contributed by atoms with Gasteiger partial charge in [-0.05, 0) is 30.9 Å². The number of hydrogen-bond acceptors (Lipinski definition) is 4. The molecule has 19 heavy (non-hydrogen) atoms. The SMILES string of the molecule is CCCC1CC1NCCOc1ccc([N+](=O)[O-])cc1. The summed E-state index contributed by atoms with van der Waals surface area (Å²) in [6.45, 7) is 3.63. The van der Waals surface area contributed by atoms with E-state index in [0.29, 0.717) is 18.4 Å². The zero-order valence-corrected chi connectivity index (χ0v) is 11.2. The fourth-order valence-corrected chi connectivity index (χ4v) is 2.26. The minimum Gasteiger partial charge on any atom is -0.492 e. The number of benzene rings is 1. The molecule has 104 valence electrons. The summed E-state index contributed by atoms with van der Waals surface area (Å²) in [4.78, 5) is 10.1. The number of nitro benzene ring substituents is 1. The average Bonchev–Trinajstić information content (AvgIpc) is 3.14. The van der Waals surface area contributed by atoms with Gasteiger partial charge in [-0.15, -0.1) is 0 Å². The van der Waals surface area contributed by atoms with Crippen molar-refractivity contribution in [1.82, 2.24) is 5.32 Å². The smallest absolute Gasteiger partial charge is 0.269 e. The Labute approximate surface area is 113 Å². The molecule has 2 unspecified atom stereocenters.